The summed E-state index contributed by atoms with van der Waals surface area (Å²) < 4.78 is 6.10. The third-order valence-corrected chi connectivity index (χ3v) is 3.21. The average molecular weight is 318 g/mol. The molecule has 2 rings (SSSR count). The standard InChI is InChI=1S/C10H10BrClN4O/c1-5(13)9-15-16-10(17-9)14-6-2-3-8(12)7(11)4-6/h2-5H,13H2,1H3,(H,14,16). The zero-order valence-corrected chi connectivity index (χ0v) is 11.3. The van der Waals surface area contributed by atoms with Gasteiger partial charge >= 0.3 is 6.01 Å². The molecule has 1 heterocycles. The smallest absolute Gasteiger partial charge is 0.320 e. The quantitative estimate of drug-likeness (QED) is 0.908. The van der Waals surface area contributed by atoms with Crippen LogP contribution in [0.15, 0.2) is 27.1 Å². The predicted octanol–water partition coefficient (Wildman–Crippen LogP) is 3.25. The number of hydrogen-bond acceptors (Lipinski definition) is 5. The van der Waals surface area contributed by atoms with Crippen LogP contribution in [0.4, 0.5) is 11.7 Å². The molecule has 5 nitrogen and oxygen atoms in total. The van der Waals surface area contributed by atoms with Gasteiger partial charge in [0.2, 0.25) is 5.89 Å². The number of rotatable bonds is 3. The molecule has 0 radical (unpaired) electrons. The van der Waals surface area contributed by atoms with Crippen LogP contribution in [0.2, 0.25) is 5.02 Å². The second-order valence-electron chi connectivity index (χ2n) is 3.49. The second kappa shape index (κ2) is 5.03. The minimum absolute atomic E-state index is 0.282. The maximum atomic E-state index is 5.89. The van der Waals surface area contributed by atoms with Crippen LogP contribution in [0.1, 0.15) is 18.9 Å². The summed E-state index contributed by atoms with van der Waals surface area (Å²) in [5, 5.41) is 11.2. The summed E-state index contributed by atoms with van der Waals surface area (Å²) in [5.41, 5.74) is 6.41. The lowest BCUT2D eigenvalue weighted by atomic mass is 10.3. The Balaban J connectivity index is 2.16. The van der Waals surface area contributed by atoms with Gasteiger partial charge in [0.25, 0.3) is 0 Å². The number of halogens is 2. The number of aromatic nitrogens is 2. The third-order valence-electron chi connectivity index (χ3n) is 2.00. The molecule has 0 aliphatic heterocycles. The Labute approximate surface area is 111 Å². The number of nitrogens with zero attached hydrogens (tertiary/aromatic N) is 2. The number of hydrogen-bond donors (Lipinski definition) is 2. The van der Waals surface area contributed by atoms with Crippen molar-refractivity contribution in [2.75, 3.05) is 5.32 Å². The van der Waals surface area contributed by atoms with E-state index in [2.05, 4.69) is 31.4 Å². The molecule has 1 aromatic heterocycles. The number of anilines is 2. The topological polar surface area (TPSA) is 77.0 Å². The average Bonchev–Trinajstić information content (AvgIpc) is 2.72. The second-order valence-corrected chi connectivity index (χ2v) is 4.75. The van der Waals surface area contributed by atoms with Gasteiger partial charge in [0.1, 0.15) is 0 Å². The van der Waals surface area contributed by atoms with Gasteiger partial charge in [0.05, 0.1) is 11.1 Å². The fraction of sp³-hybridized carbons (Fsp3) is 0.200. The van der Waals surface area contributed by atoms with Crippen molar-refractivity contribution < 1.29 is 4.42 Å². The van der Waals surface area contributed by atoms with E-state index in [1.807, 2.05) is 12.1 Å². The minimum Gasteiger partial charge on any atom is -0.406 e. The van der Waals surface area contributed by atoms with E-state index in [0.717, 1.165) is 10.2 Å². The first kappa shape index (κ1) is 12.3. The molecule has 2 aromatic rings. The molecule has 0 bridgehead atoms. The first-order valence-electron chi connectivity index (χ1n) is 4.87. The van der Waals surface area contributed by atoms with Crippen LogP contribution in [-0.4, -0.2) is 10.2 Å². The van der Waals surface area contributed by atoms with E-state index < -0.39 is 0 Å². The minimum atomic E-state index is -0.282. The van der Waals surface area contributed by atoms with Crippen LogP contribution in [0.5, 0.6) is 0 Å². The van der Waals surface area contributed by atoms with E-state index in [9.17, 15) is 0 Å². The number of nitrogens with one attached hydrogen (secondary N) is 1. The molecule has 0 saturated carbocycles. The van der Waals surface area contributed by atoms with Crippen molar-refractivity contribution >= 4 is 39.2 Å². The molecule has 0 saturated heterocycles. The summed E-state index contributed by atoms with van der Waals surface area (Å²) >= 11 is 9.22. The van der Waals surface area contributed by atoms with Gasteiger partial charge in [-0.25, -0.2) is 0 Å². The maximum absolute atomic E-state index is 5.89. The van der Waals surface area contributed by atoms with Gasteiger partial charge in [-0.05, 0) is 41.1 Å². The molecule has 0 aliphatic carbocycles. The highest BCUT2D eigenvalue weighted by Crippen LogP contribution is 2.27. The Hall–Kier alpha value is -1.11. The van der Waals surface area contributed by atoms with Gasteiger partial charge in [-0.1, -0.05) is 16.7 Å². The summed E-state index contributed by atoms with van der Waals surface area (Å²) in [7, 11) is 0. The Morgan fingerprint density at radius 3 is 2.82 bits per heavy atom. The molecule has 1 aromatic carbocycles. The summed E-state index contributed by atoms with van der Waals surface area (Å²) in [6.45, 7) is 1.77. The Morgan fingerprint density at radius 1 is 1.47 bits per heavy atom. The lowest BCUT2D eigenvalue weighted by Crippen LogP contribution is -2.04. The molecule has 90 valence electrons. The maximum Gasteiger partial charge on any atom is 0.320 e. The summed E-state index contributed by atoms with van der Waals surface area (Å²) in [6.07, 6.45) is 0. The third kappa shape index (κ3) is 2.96. The summed E-state index contributed by atoms with van der Waals surface area (Å²) in [5.74, 6) is 0.389. The van der Waals surface area contributed by atoms with Gasteiger partial charge in [-0.15, -0.1) is 5.10 Å². The van der Waals surface area contributed by atoms with Gasteiger partial charge in [0, 0.05) is 10.2 Å². The SMILES string of the molecule is CC(N)c1nnc(Nc2ccc(Cl)c(Br)c2)o1. The van der Waals surface area contributed by atoms with Crippen LogP contribution in [-0.2, 0) is 0 Å². The van der Waals surface area contributed by atoms with E-state index in [1.54, 1.807) is 13.0 Å². The fourth-order valence-electron chi connectivity index (χ4n) is 1.17. The van der Waals surface area contributed by atoms with Crippen LogP contribution in [0, 0.1) is 0 Å². The highest BCUT2D eigenvalue weighted by molar-refractivity contribution is 9.10. The van der Waals surface area contributed by atoms with Crippen LogP contribution in [0.3, 0.4) is 0 Å². The first-order valence-corrected chi connectivity index (χ1v) is 6.04. The highest BCUT2D eigenvalue weighted by Gasteiger charge is 2.10. The Kier molecular flexibility index (Phi) is 3.66. The van der Waals surface area contributed by atoms with Crippen molar-refractivity contribution in [3.05, 3.63) is 33.6 Å². The van der Waals surface area contributed by atoms with E-state index in [1.165, 1.54) is 0 Å². The molecule has 0 spiro atoms. The van der Waals surface area contributed by atoms with Crippen LogP contribution in [0.25, 0.3) is 0 Å². The fourth-order valence-corrected chi connectivity index (χ4v) is 1.66. The number of nitrogens with two attached hydrogens (primary N) is 1. The monoisotopic (exact) mass is 316 g/mol. The molecule has 0 aliphatic rings. The molecule has 7 heteroatoms. The van der Waals surface area contributed by atoms with E-state index in [-0.39, 0.29) is 6.04 Å². The van der Waals surface area contributed by atoms with Gasteiger partial charge in [-0.2, -0.15) is 0 Å². The van der Waals surface area contributed by atoms with Crippen molar-refractivity contribution in [2.45, 2.75) is 13.0 Å². The van der Waals surface area contributed by atoms with Crippen molar-refractivity contribution in [2.24, 2.45) is 5.73 Å². The molecular weight excluding hydrogens is 307 g/mol. The van der Waals surface area contributed by atoms with Crippen molar-refractivity contribution in [3.8, 4) is 0 Å². The summed E-state index contributed by atoms with van der Waals surface area (Å²) in [4.78, 5) is 0. The lowest BCUT2D eigenvalue weighted by Gasteiger charge is -2.02. The van der Waals surface area contributed by atoms with Crippen LogP contribution < -0.4 is 11.1 Å². The van der Waals surface area contributed by atoms with E-state index in [0.29, 0.717) is 16.9 Å². The predicted molar refractivity (Wildman–Crippen MR) is 69.3 cm³/mol. The van der Waals surface area contributed by atoms with Gasteiger partial charge < -0.3 is 15.5 Å². The van der Waals surface area contributed by atoms with E-state index >= 15 is 0 Å². The molecule has 1 unspecified atom stereocenters. The molecule has 1 atom stereocenters. The molecule has 0 amide bonds. The Morgan fingerprint density at radius 2 is 2.24 bits per heavy atom. The van der Waals surface area contributed by atoms with Crippen LogP contribution >= 0.6 is 27.5 Å². The molecular formula is C10H10BrClN4O. The number of benzene rings is 1. The van der Waals surface area contributed by atoms with Crippen molar-refractivity contribution in [1.29, 1.82) is 0 Å². The highest BCUT2D eigenvalue weighted by atomic mass is 79.9. The zero-order chi connectivity index (χ0) is 12.4. The normalized spacial score (nSPS) is 12.5. The van der Waals surface area contributed by atoms with Gasteiger partial charge in [0.15, 0.2) is 0 Å². The first-order chi connectivity index (χ1) is 8.06. The summed E-state index contributed by atoms with van der Waals surface area (Å²) in [6, 6.07) is 5.40. The Bertz CT molecular complexity index is 529. The molecule has 0 fully saturated rings. The van der Waals surface area contributed by atoms with E-state index in [4.69, 9.17) is 21.8 Å². The van der Waals surface area contributed by atoms with Crippen molar-refractivity contribution in [1.82, 2.24) is 10.2 Å². The molecule has 3 N–H and O–H groups in total. The molecule has 17 heavy (non-hydrogen) atoms. The zero-order valence-electron chi connectivity index (χ0n) is 8.95. The van der Waals surface area contributed by atoms with Crippen molar-refractivity contribution in [3.63, 3.8) is 0 Å². The lowest BCUT2D eigenvalue weighted by molar-refractivity contribution is 0.475. The largest absolute Gasteiger partial charge is 0.406 e. The van der Waals surface area contributed by atoms with Gasteiger partial charge in [-0.3, -0.25) is 0 Å².